The number of nitrogens with two attached hydrogens (primary N) is 2. The summed E-state index contributed by atoms with van der Waals surface area (Å²) in [7, 11) is 0. The molecule has 0 aromatic heterocycles. The van der Waals surface area contributed by atoms with E-state index in [1.807, 2.05) is 0 Å². The van der Waals surface area contributed by atoms with Crippen LogP contribution < -0.4 is 32.7 Å². The predicted octanol–water partition coefficient (Wildman–Crippen LogP) is -5.33. The highest BCUT2D eigenvalue weighted by atomic mass is 16.3. The minimum absolute atomic E-state index is 0.0268. The summed E-state index contributed by atoms with van der Waals surface area (Å²) in [6, 6.07) is -0.709. The van der Waals surface area contributed by atoms with E-state index in [4.69, 9.17) is 11.5 Å². The number of aliphatic hydroxyl groups is 3. The van der Waals surface area contributed by atoms with E-state index in [9.17, 15) is 49.2 Å². The molecule has 0 spiro atoms. The molecule has 0 saturated carbocycles. The summed E-state index contributed by atoms with van der Waals surface area (Å²) in [4.78, 5) is 76.3. The lowest BCUT2D eigenvalue weighted by molar-refractivity contribution is -0.143. The monoisotopic (exact) mass is 609 g/mol. The average Bonchev–Trinajstić information content (AvgIpc) is 3.47. The van der Waals surface area contributed by atoms with Crippen molar-refractivity contribution in [1.29, 1.82) is 0 Å². The number of carbonyl (C=O) groups excluding carboxylic acids is 6. The molecule has 1 aliphatic rings. The number of nitrogens with zero attached hydrogens (tertiary/aromatic N) is 1. The van der Waals surface area contributed by atoms with Gasteiger partial charge in [0.05, 0.1) is 25.9 Å². The number of aromatic hydroxyl groups is 1. The third kappa shape index (κ3) is 10.2. The Morgan fingerprint density at radius 1 is 0.953 bits per heavy atom. The molecule has 12 N–H and O–H groups in total. The van der Waals surface area contributed by atoms with E-state index in [1.165, 1.54) is 31.2 Å². The second-order valence-corrected chi connectivity index (χ2v) is 10.1. The fraction of sp³-hybridized carbons (Fsp3) is 0.538. The van der Waals surface area contributed by atoms with Crippen LogP contribution in [0.4, 0.5) is 0 Å². The van der Waals surface area contributed by atoms with Crippen LogP contribution in [0, 0.1) is 0 Å². The van der Waals surface area contributed by atoms with E-state index in [0.717, 1.165) is 4.90 Å². The first kappa shape index (κ1) is 34.9. The summed E-state index contributed by atoms with van der Waals surface area (Å²) in [6.07, 6.45) is -0.631. The Balaban J connectivity index is 2.05. The number of phenolic OH excluding ortho intramolecular Hbond substituents is 1. The third-order valence-electron chi connectivity index (χ3n) is 6.75. The molecule has 0 radical (unpaired) electrons. The van der Waals surface area contributed by atoms with Crippen LogP contribution in [0.15, 0.2) is 24.3 Å². The molecule has 43 heavy (non-hydrogen) atoms. The van der Waals surface area contributed by atoms with Gasteiger partial charge >= 0.3 is 0 Å². The predicted molar refractivity (Wildman–Crippen MR) is 148 cm³/mol. The van der Waals surface area contributed by atoms with Crippen LogP contribution in [0.25, 0.3) is 0 Å². The molecule has 6 amide bonds. The van der Waals surface area contributed by atoms with E-state index in [2.05, 4.69) is 21.3 Å². The second-order valence-electron chi connectivity index (χ2n) is 10.1. The topological polar surface area (TPSA) is 287 Å². The molecule has 6 atom stereocenters. The van der Waals surface area contributed by atoms with Gasteiger partial charge in [0.15, 0.2) is 0 Å². The molecule has 0 aliphatic carbocycles. The Bertz CT molecular complexity index is 1160. The maximum absolute atomic E-state index is 13.0. The SMILES string of the molecule is CC(O)C(N)C(=O)NC(CO)C(=O)N1CCCC1C(=O)NCC(=O)NC(Cc1ccc(O)cc1)C(=O)NC(CO)C(N)=O. The summed E-state index contributed by atoms with van der Waals surface area (Å²) in [5.41, 5.74) is 11.3. The molecule has 6 unspecified atom stereocenters. The van der Waals surface area contributed by atoms with Gasteiger partial charge in [0.25, 0.3) is 0 Å². The van der Waals surface area contributed by atoms with Crippen molar-refractivity contribution in [3.05, 3.63) is 29.8 Å². The lowest BCUT2D eigenvalue weighted by Crippen LogP contribution is -2.58. The summed E-state index contributed by atoms with van der Waals surface area (Å²) < 4.78 is 0. The third-order valence-corrected chi connectivity index (χ3v) is 6.75. The van der Waals surface area contributed by atoms with Crippen molar-refractivity contribution in [2.45, 2.75) is 62.5 Å². The Kier molecular flexibility index (Phi) is 13.3. The number of aliphatic hydroxyl groups excluding tert-OH is 3. The van der Waals surface area contributed by atoms with Gasteiger partial charge in [0, 0.05) is 13.0 Å². The Labute approximate surface area is 247 Å². The van der Waals surface area contributed by atoms with Crippen LogP contribution >= 0.6 is 0 Å². The number of rotatable bonds is 15. The number of carbonyl (C=O) groups is 6. The number of phenols is 1. The minimum Gasteiger partial charge on any atom is -0.508 e. The molecule has 17 nitrogen and oxygen atoms in total. The first-order valence-electron chi connectivity index (χ1n) is 13.5. The fourth-order valence-electron chi connectivity index (χ4n) is 4.26. The van der Waals surface area contributed by atoms with E-state index < -0.39 is 91.5 Å². The van der Waals surface area contributed by atoms with Crippen LogP contribution in [-0.2, 0) is 35.2 Å². The maximum Gasteiger partial charge on any atom is 0.248 e. The highest BCUT2D eigenvalue weighted by Crippen LogP contribution is 2.19. The zero-order valence-corrected chi connectivity index (χ0v) is 23.6. The Hall–Kier alpha value is -4.32. The zero-order valence-electron chi connectivity index (χ0n) is 23.6. The zero-order chi connectivity index (χ0) is 32.3. The highest BCUT2D eigenvalue weighted by molar-refractivity contribution is 5.96. The fourth-order valence-corrected chi connectivity index (χ4v) is 4.26. The standard InChI is InChI=1S/C26H39N7O10/c1-13(36)21(27)25(42)32-18(12-35)26(43)33-8-2-3-19(33)24(41)29-10-20(38)30-16(9-14-4-6-15(37)7-5-14)23(40)31-17(11-34)22(28)39/h4-7,13,16-19,21,34-37H,2-3,8-12,27H2,1H3,(H2,28,39)(H,29,41)(H,30,38)(H,31,40)(H,32,42). The van der Waals surface area contributed by atoms with Gasteiger partial charge in [-0.15, -0.1) is 0 Å². The summed E-state index contributed by atoms with van der Waals surface area (Å²) in [5.74, 6) is -4.98. The molecule has 1 heterocycles. The van der Waals surface area contributed by atoms with Crippen molar-refractivity contribution in [2.24, 2.45) is 11.5 Å². The molecule has 0 bridgehead atoms. The molecule has 238 valence electrons. The van der Waals surface area contributed by atoms with Crippen molar-refractivity contribution in [3.8, 4) is 5.75 Å². The summed E-state index contributed by atoms with van der Waals surface area (Å²) in [6.45, 7) is -0.743. The number of likely N-dealkylation sites (tertiary alicyclic amines) is 1. The normalized spacial score (nSPS) is 18.0. The van der Waals surface area contributed by atoms with Crippen molar-refractivity contribution < 1.29 is 49.2 Å². The number of nitrogens with one attached hydrogen (secondary N) is 4. The van der Waals surface area contributed by atoms with Gasteiger partial charge in [-0.1, -0.05) is 12.1 Å². The first-order chi connectivity index (χ1) is 20.3. The van der Waals surface area contributed by atoms with Gasteiger partial charge in [-0.3, -0.25) is 28.8 Å². The van der Waals surface area contributed by atoms with E-state index in [1.54, 1.807) is 0 Å². The van der Waals surface area contributed by atoms with Gasteiger partial charge < -0.3 is 58.1 Å². The molecule has 1 aromatic rings. The lowest BCUT2D eigenvalue weighted by atomic mass is 10.0. The lowest BCUT2D eigenvalue weighted by Gasteiger charge is -2.28. The van der Waals surface area contributed by atoms with Crippen molar-refractivity contribution in [2.75, 3.05) is 26.3 Å². The molecular formula is C26H39N7O10. The summed E-state index contributed by atoms with van der Waals surface area (Å²) >= 11 is 0. The maximum atomic E-state index is 13.0. The molecule has 1 aliphatic heterocycles. The quantitative estimate of drug-likeness (QED) is 0.0896. The smallest absolute Gasteiger partial charge is 0.248 e. The second kappa shape index (κ2) is 16.4. The number of hydrogen-bond donors (Lipinski definition) is 10. The van der Waals surface area contributed by atoms with Gasteiger partial charge in [0.2, 0.25) is 35.4 Å². The van der Waals surface area contributed by atoms with Gasteiger partial charge in [-0.25, -0.2) is 0 Å². The Morgan fingerprint density at radius 2 is 1.56 bits per heavy atom. The van der Waals surface area contributed by atoms with Crippen LogP contribution in [0.2, 0.25) is 0 Å². The molecule has 1 saturated heterocycles. The minimum atomic E-state index is -1.42. The molecular weight excluding hydrogens is 570 g/mol. The number of benzene rings is 1. The van der Waals surface area contributed by atoms with Crippen LogP contribution in [0.3, 0.4) is 0 Å². The van der Waals surface area contributed by atoms with E-state index in [0.29, 0.717) is 12.0 Å². The van der Waals surface area contributed by atoms with E-state index >= 15 is 0 Å². The van der Waals surface area contributed by atoms with Crippen molar-refractivity contribution in [1.82, 2.24) is 26.2 Å². The van der Waals surface area contributed by atoms with Gasteiger partial charge in [-0.2, -0.15) is 0 Å². The van der Waals surface area contributed by atoms with Crippen molar-refractivity contribution >= 4 is 35.4 Å². The first-order valence-corrected chi connectivity index (χ1v) is 13.5. The van der Waals surface area contributed by atoms with Crippen LogP contribution in [0.5, 0.6) is 5.75 Å². The van der Waals surface area contributed by atoms with Crippen LogP contribution in [-0.4, -0.2) is 123 Å². The van der Waals surface area contributed by atoms with Gasteiger partial charge in [-0.05, 0) is 37.5 Å². The molecule has 1 fully saturated rings. The number of primary amides is 1. The largest absolute Gasteiger partial charge is 0.508 e. The van der Waals surface area contributed by atoms with Gasteiger partial charge in [0.1, 0.15) is 36.0 Å². The molecule has 2 rings (SSSR count). The van der Waals surface area contributed by atoms with Crippen molar-refractivity contribution in [3.63, 3.8) is 0 Å². The average molecular weight is 610 g/mol. The Morgan fingerprint density at radius 3 is 2.12 bits per heavy atom. The number of hydrogen-bond acceptors (Lipinski definition) is 11. The number of amides is 6. The van der Waals surface area contributed by atoms with E-state index in [-0.39, 0.29) is 25.1 Å². The van der Waals surface area contributed by atoms with Crippen LogP contribution in [0.1, 0.15) is 25.3 Å². The highest BCUT2D eigenvalue weighted by Gasteiger charge is 2.38. The molecule has 17 heteroatoms. The molecule has 1 aromatic carbocycles. The summed E-state index contributed by atoms with van der Waals surface area (Å²) in [5, 5.41) is 47.3.